The Morgan fingerprint density at radius 2 is 1.75 bits per heavy atom. The zero-order valence-corrected chi connectivity index (χ0v) is 19.3. The number of pyridine rings is 1. The molecule has 0 radical (unpaired) electrons. The van der Waals surface area contributed by atoms with Crippen LogP contribution >= 0.6 is 0 Å². The first-order chi connectivity index (χ1) is 15.3. The molecule has 2 aromatic rings. The Bertz CT molecular complexity index is 1140. The predicted octanol–water partition coefficient (Wildman–Crippen LogP) is 3.20. The second-order valence-electron chi connectivity index (χ2n) is 8.93. The molecular weight excluding hydrogens is 426 g/mol. The SMILES string of the molecule is CN1C(=O)c2ccccc2N(C)c2cc(NC3CCC(N4CCCS4(=O)=O)CC3)ncc21. The van der Waals surface area contributed by atoms with E-state index in [9.17, 15) is 13.2 Å². The first kappa shape index (κ1) is 21.2. The second kappa shape index (κ2) is 8.04. The van der Waals surface area contributed by atoms with E-state index in [1.165, 1.54) is 0 Å². The van der Waals surface area contributed by atoms with E-state index >= 15 is 0 Å². The van der Waals surface area contributed by atoms with Gasteiger partial charge in [0.25, 0.3) is 5.91 Å². The van der Waals surface area contributed by atoms with Crippen LogP contribution in [-0.4, -0.2) is 62.1 Å². The van der Waals surface area contributed by atoms with Crippen LogP contribution in [-0.2, 0) is 10.0 Å². The lowest BCUT2D eigenvalue weighted by molar-refractivity contribution is 0.0994. The van der Waals surface area contributed by atoms with Crippen molar-refractivity contribution in [2.75, 3.05) is 41.5 Å². The van der Waals surface area contributed by atoms with Crippen molar-refractivity contribution < 1.29 is 13.2 Å². The number of fused-ring (bicyclic) bond motifs is 2. The summed E-state index contributed by atoms with van der Waals surface area (Å²) in [6.07, 6.45) is 6.05. The molecule has 3 heterocycles. The molecule has 1 aliphatic carbocycles. The number of hydrogen-bond donors (Lipinski definition) is 1. The summed E-state index contributed by atoms with van der Waals surface area (Å²) in [5, 5.41) is 3.54. The van der Waals surface area contributed by atoms with E-state index in [4.69, 9.17) is 0 Å². The fraction of sp³-hybridized carbons (Fsp3) is 0.478. The molecule has 2 aliphatic heterocycles. The van der Waals surface area contributed by atoms with Crippen molar-refractivity contribution in [2.45, 2.75) is 44.2 Å². The number of para-hydroxylation sites is 1. The third-order valence-electron chi connectivity index (χ3n) is 6.98. The molecule has 8 nitrogen and oxygen atoms in total. The van der Waals surface area contributed by atoms with Crippen molar-refractivity contribution in [1.29, 1.82) is 0 Å². The van der Waals surface area contributed by atoms with Gasteiger partial charge in [-0.05, 0) is 44.2 Å². The van der Waals surface area contributed by atoms with Crippen LogP contribution in [0.2, 0.25) is 0 Å². The molecule has 1 saturated carbocycles. The van der Waals surface area contributed by atoms with Crippen molar-refractivity contribution in [3.63, 3.8) is 0 Å². The third-order valence-corrected chi connectivity index (χ3v) is 8.98. The number of carbonyl (C=O) groups is 1. The molecule has 1 amide bonds. The number of anilines is 4. The molecule has 0 spiro atoms. The van der Waals surface area contributed by atoms with Gasteiger partial charge in [0.15, 0.2) is 0 Å². The molecular formula is C23H29N5O3S. The Kier molecular flexibility index (Phi) is 5.33. The fourth-order valence-corrected chi connectivity index (χ4v) is 7.00. The maximum absolute atomic E-state index is 12.9. The highest BCUT2D eigenvalue weighted by Crippen LogP contribution is 2.40. The number of hydrogen-bond acceptors (Lipinski definition) is 6. The fourth-order valence-electron chi connectivity index (χ4n) is 5.20. The van der Waals surface area contributed by atoms with Gasteiger partial charge in [0.2, 0.25) is 10.0 Å². The lowest BCUT2D eigenvalue weighted by Gasteiger charge is -2.34. The van der Waals surface area contributed by atoms with E-state index in [2.05, 4.69) is 10.3 Å². The highest BCUT2D eigenvalue weighted by atomic mass is 32.2. The minimum atomic E-state index is -3.05. The molecule has 2 fully saturated rings. The van der Waals surface area contributed by atoms with Crippen molar-refractivity contribution in [3.05, 3.63) is 42.1 Å². The second-order valence-corrected chi connectivity index (χ2v) is 11.0. The smallest absolute Gasteiger partial charge is 0.260 e. The number of aromatic nitrogens is 1. The molecule has 3 aliphatic rings. The number of rotatable bonds is 3. The van der Waals surface area contributed by atoms with E-state index in [0.29, 0.717) is 12.1 Å². The van der Waals surface area contributed by atoms with Gasteiger partial charge in [-0.2, -0.15) is 4.31 Å². The van der Waals surface area contributed by atoms with Crippen LogP contribution in [0.4, 0.5) is 22.9 Å². The van der Waals surface area contributed by atoms with E-state index in [0.717, 1.165) is 55.0 Å². The first-order valence-corrected chi connectivity index (χ1v) is 12.8. The van der Waals surface area contributed by atoms with E-state index in [-0.39, 0.29) is 23.7 Å². The molecule has 1 aromatic carbocycles. The van der Waals surface area contributed by atoms with Crippen LogP contribution < -0.4 is 15.1 Å². The van der Waals surface area contributed by atoms with Gasteiger partial charge in [-0.25, -0.2) is 13.4 Å². The van der Waals surface area contributed by atoms with Gasteiger partial charge in [-0.1, -0.05) is 12.1 Å². The lowest BCUT2D eigenvalue weighted by Crippen LogP contribution is -2.41. The maximum atomic E-state index is 12.9. The normalized spacial score (nSPS) is 25.2. The number of sulfonamides is 1. The molecule has 9 heteroatoms. The zero-order valence-electron chi connectivity index (χ0n) is 18.5. The molecule has 1 N–H and O–H groups in total. The monoisotopic (exact) mass is 455 g/mol. The molecule has 1 saturated heterocycles. The van der Waals surface area contributed by atoms with Crippen molar-refractivity contribution >= 4 is 38.8 Å². The van der Waals surface area contributed by atoms with Gasteiger partial charge in [0.05, 0.1) is 34.6 Å². The van der Waals surface area contributed by atoms with Crippen LogP contribution in [0, 0.1) is 0 Å². The average molecular weight is 456 g/mol. The van der Waals surface area contributed by atoms with Gasteiger partial charge in [0, 0.05) is 38.8 Å². The molecule has 1 aromatic heterocycles. The Morgan fingerprint density at radius 3 is 2.47 bits per heavy atom. The predicted molar refractivity (Wildman–Crippen MR) is 126 cm³/mol. The average Bonchev–Trinajstić information content (AvgIpc) is 3.13. The van der Waals surface area contributed by atoms with Crippen LogP contribution in [0.3, 0.4) is 0 Å². The minimum absolute atomic E-state index is 0.0519. The van der Waals surface area contributed by atoms with Gasteiger partial charge < -0.3 is 15.1 Å². The van der Waals surface area contributed by atoms with Crippen molar-refractivity contribution in [1.82, 2.24) is 9.29 Å². The Hall–Kier alpha value is -2.65. The lowest BCUT2D eigenvalue weighted by atomic mass is 9.91. The number of amides is 1. The van der Waals surface area contributed by atoms with Crippen LogP contribution in [0.15, 0.2) is 36.5 Å². The third kappa shape index (κ3) is 3.63. The van der Waals surface area contributed by atoms with E-state index in [1.54, 1.807) is 22.4 Å². The summed E-state index contributed by atoms with van der Waals surface area (Å²) >= 11 is 0. The Labute approximate surface area is 189 Å². The topological polar surface area (TPSA) is 85.9 Å². The van der Waals surface area contributed by atoms with Crippen LogP contribution in [0.25, 0.3) is 0 Å². The van der Waals surface area contributed by atoms with Gasteiger partial charge >= 0.3 is 0 Å². The highest BCUT2D eigenvalue weighted by Gasteiger charge is 2.36. The number of carbonyl (C=O) groups excluding carboxylic acids is 1. The van der Waals surface area contributed by atoms with Crippen LogP contribution in [0.1, 0.15) is 42.5 Å². The van der Waals surface area contributed by atoms with Gasteiger partial charge in [0.1, 0.15) is 5.82 Å². The summed E-state index contributed by atoms with van der Waals surface area (Å²) in [7, 11) is 0.691. The summed E-state index contributed by atoms with van der Waals surface area (Å²) in [6, 6.07) is 10.0. The van der Waals surface area contributed by atoms with Crippen molar-refractivity contribution in [3.8, 4) is 0 Å². The molecule has 170 valence electrons. The number of nitrogens with zero attached hydrogens (tertiary/aromatic N) is 4. The van der Waals surface area contributed by atoms with Crippen LogP contribution in [0.5, 0.6) is 0 Å². The maximum Gasteiger partial charge on any atom is 0.260 e. The summed E-state index contributed by atoms with van der Waals surface area (Å²) in [5.74, 6) is 1.01. The summed E-state index contributed by atoms with van der Waals surface area (Å²) in [4.78, 5) is 21.2. The quantitative estimate of drug-likeness (QED) is 0.765. The highest BCUT2D eigenvalue weighted by molar-refractivity contribution is 7.89. The summed E-state index contributed by atoms with van der Waals surface area (Å²) in [6.45, 7) is 0.664. The largest absolute Gasteiger partial charge is 0.367 e. The van der Waals surface area contributed by atoms with E-state index in [1.807, 2.05) is 42.3 Å². The standard InChI is InChI=1S/C23H29N5O3S/c1-26-19-7-4-3-6-18(19)23(29)27(2)21-15-24-22(14-20(21)26)25-16-8-10-17(11-9-16)28-12-5-13-32(28,30)31/h3-4,6-7,14-17H,5,8-13H2,1-2H3,(H,24,25). The van der Waals surface area contributed by atoms with Gasteiger partial charge in [-0.15, -0.1) is 0 Å². The molecule has 0 unspecified atom stereocenters. The zero-order chi connectivity index (χ0) is 22.5. The summed E-state index contributed by atoms with van der Waals surface area (Å²) in [5.41, 5.74) is 3.22. The molecule has 5 rings (SSSR count). The number of nitrogens with one attached hydrogen (secondary N) is 1. The molecule has 32 heavy (non-hydrogen) atoms. The minimum Gasteiger partial charge on any atom is -0.367 e. The van der Waals surface area contributed by atoms with E-state index < -0.39 is 10.0 Å². The first-order valence-electron chi connectivity index (χ1n) is 11.2. The number of benzene rings is 1. The van der Waals surface area contributed by atoms with Crippen molar-refractivity contribution in [2.24, 2.45) is 0 Å². The summed E-state index contributed by atoms with van der Waals surface area (Å²) < 4.78 is 26.2. The Morgan fingerprint density at radius 1 is 1.00 bits per heavy atom. The Balaban J connectivity index is 1.33. The van der Waals surface area contributed by atoms with Gasteiger partial charge in [-0.3, -0.25) is 4.79 Å². The molecule has 0 atom stereocenters. The molecule has 0 bridgehead atoms.